The fourth-order valence-corrected chi connectivity index (χ4v) is 2.55. The summed E-state index contributed by atoms with van der Waals surface area (Å²) in [7, 11) is 0. The Morgan fingerprint density at radius 3 is 2.78 bits per heavy atom. The Balaban J connectivity index is 2.28. The zero-order valence-corrected chi connectivity index (χ0v) is 11.1. The van der Waals surface area contributed by atoms with E-state index >= 15 is 0 Å². The topological polar surface area (TPSA) is 40.5 Å². The van der Waals surface area contributed by atoms with Crippen LogP contribution in [0.3, 0.4) is 0 Å². The molecule has 1 aromatic carbocycles. The maximum absolute atomic E-state index is 11.2. The van der Waals surface area contributed by atoms with E-state index < -0.39 is 0 Å². The molecule has 18 heavy (non-hydrogen) atoms. The van der Waals surface area contributed by atoms with E-state index in [1.54, 1.807) is 6.07 Å². The van der Waals surface area contributed by atoms with Crippen molar-refractivity contribution in [1.82, 2.24) is 0 Å². The molecule has 0 unspecified atom stereocenters. The third-order valence-corrected chi connectivity index (χ3v) is 3.86. The van der Waals surface area contributed by atoms with Crippen molar-refractivity contribution in [2.45, 2.75) is 31.7 Å². The highest BCUT2D eigenvalue weighted by Gasteiger charge is 2.26. The monoisotopic (exact) mass is 267 g/mol. The molecular formula is C14H18ClNO2. The van der Waals surface area contributed by atoms with Crippen LogP contribution in [0.5, 0.6) is 0 Å². The second-order valence-corrected chi connectivity index (χ2v) is 5.05. The summed E-state index contributed by atoms with van der Waals surface area (Å²) in [5, 5.41) is 9.49. The van der Waals surface area contributed by atoms with Crippen LogP contribution < -0.4 is 4.90 Å². The normalized spacial score (nSPS) is 15.2. The van der Waals surface area contributed by atoms with Crippen molar-refractivity contribution < 1.29 is 9.90 Å². The summed E-state index contributed by atoms with van der Waals surface area (Å²) in [5.74, 6) is 0. The molecule has 0 radical (unpaired) electrons. The second kappa shape index (κ2) is 6.21. The minimum Gasteiger partial charge on any atom is -0.396 e. The van der Waals surface area contributed by atoms with E-state index in [4.69, 9.17) is 16.7 Å². The number of benzene rings is 1. The third-order valence-electron chi connectivity index (χ3n) is 3.53. The van der Waals surface area contributed by atoms with E-state index in [-0.39, 0.29) is 6.61 Å². The van der Waals surface area contributed by atoms with Gasteiger partial charge in [0.05, 0.1) is 10.6 Å². The van der Waals surface area contributed by atoms with Crippen molar-refractivity contribution in [3.63, 3.8) is 0 Å². The number of carbonyl (C=O) groups is 1. The van der Waals surface area contributed by atoms with Gasteiger partial charge in [0.25, 0.3) is 0 Å². The van der Waals surface area contributed by atoms with Crippen molar-refractivity contribution in [3.8, 4) is 0 Å². The van der Waals surface area contributed by atoms with Crippen molar-refractivity contribution in [2.24, 2.45) is 0 Å². The van der Waals surface area contributed by atoms with Crippen LogP contribution in [-0.4, -0.2) is 30.6 Å². The highest BCUT2D eigenvalue weighted by molar-refractivity contribution is 6.33. The number of aldehydes is 1. The van der Waals surface area contributed by atoms with Crippen LogP contribution in [0.4, 0.5) is 5.69 Å². The van der Waals surface area contributed by atoms with E-state index in [1.165, 1.54) is 6.42 Å². The van der Waals surface area contributed by atoms with E-state index in [9.17, 15) is 4.79 Å². The molecular weight excluding hydrogens is 250 g/mol. The van der Waals surface area contributed by atoms with Gasteiger partial charge in [-0.05, 0) is 37.8 Å². The molecule has 1 saturated carbocycles. The molecule has 3 nitrogen and oxygen atoms in total. The Morgan fingerprint density at radius 2 is 2.22 bits per heavy atom. The first kappa shape index (κ1) is 13.4. The molecule has 4 heteroatoms. The predicted octanol–water partition coefficient (Wildman–Crippen LogP) is 2.89. The van der Waals surface area contributed by atoms with Crippen LogP contribution >= 0.6 is 11.6 Å². The number of halogens is 1. The SMILES string of the molecule is O=Cc1c(Cl)cccc1N(CCCO)C1CCC1. The molecule has 1 aliphatic carbocycles. The van der Waals surface area contributed by atoms with Gasteiger partial charge in [-0.3, -0.25) is 4.79 Å². The lowest BCUT2D eigenvalue weighted by molar-refractivity contribution is 0.112. The Bertz CT molecular complexity index is 418. The Hall–Kier alpha value is -1.06. The molecule has 0 heterocycles. The van der Waals surface area contributed by atoms with Gasteiger partial charge in [-0.2, -0.15) is 0 Å². The van der Waals surface area contributed by atoms with Gasteiger partial charge in [0.1, 0.15) is 0 Å². The molecule has 0 bridgehead atoms. The molecule has 1 aromatic rings. The lowest BCUT2D eigenvalue weighted by atomic mass is 9.90. The van der Waals surface area contributed by atoms with Crippen molar-refractivity contribution in [1.29, 1.82) is 0 Å². The van der Waals surface area contributed by atoms with Crippen LogP contribution in [-0.2, 0) is 0 Å². The van der Waals surface area contributed by atoms with Gasteiger partial charge in [0.15, 0.2) is 6.29 Å². The van der Waals surface area contributed by atoms with Crippen LogP contribution in [0.1, 0.15) is 36.0 Å². The summed E-state index contributed by atoms with van der Waals surface area (Å²) in [5.41, 5.74) is 1.46. The maximum atomic E-state index is 11.2. The molecule has 0 spiro atoms. The first-order chi connectivity index (χ1) is 8.77. The number of rotatable bonds is 6. The van der Waals surface area contributed by atoms with Crippen molar-refractivity contribution in [2.75, 3.05) is 18.1 Å². The quantitative estimate of drug-likeness (QED) is 0.806. The van der Waals surface area contributed by atoms with Gasteiger partial charge < -0.3 is 10.0 Å². The predicted molar refractivity (Wildman–Crippen MR) is 73.5 cm³/mol. The molecule has 0 saturated heterocycles. The minimum atomic E-state index is 0.167. The van der Waals surface area contributed by atoms with Gasteiger partial charge in [-0.25, -0.2) is 0 Å². The van der Waals surface area contributed by atoms with E-state index in [2.05, 4.69) is 4.90 Å². The Morgan fingerprint density at radius 1 is 1.44 bits per heavy atom. The van der Waals surface area contributed by atoms with Crippen LogP contribution in [0.25, 0.3) is 0 Å². The van der Waals surface area contributed by atoms with Crippen LogP contribution in [0, 0.1) is 0 Å². The van der Waals surface area contributed by atoms with Gasteiger partial charge in [-0.1, -0.05) is 17.7 Å². The number of nitrogens with zero attached hydrogens (tertiary/aromatic N) is 1. The van der Waals surface area contributed by atoms with Crippen LogP contribution in [0.2, 0.25) is 5.02 Å². The fraction of sp³-hybridized carbons (Fsp3) is 0.500. The van der Waals surface area contributed by atoms with Crippen molar-refractivity contribution >= 4 is 23.6 Å². The zero-order chi connectivity index (χ0) is 13.0. The van der Waals surface area contributed by atoms with Gasteiger partial charge >= 0.3 is 0 Å². The summed E-state index contributed by atoms with van der Waals surface area (Å²) >= 11 is 6.07. The average Bonchev–Trinajstić information content (AvgIpc) is 2.31. The lowest BCUT2D eigenvalue weighted by Crippen LogP contribution is -2.41. The number of hydrogen-bond acceptors (Lipinski definition) is 3. The fourth-order valence-electron chi connectivity index (χ4n) is 2.33. The molecule has 0 atom stereocenters. The zero-order valence-electron chi connectivity index (χ0n) is 10.3. The van der Waals surface area contributed by atoms with Gasteiger partial charge in [-0.15, -0.1) is 0 Å². The summed E-state index contributed by atoms with van der Waals surface area (Å²) in [4.78, 5) is 13.4. The third kappa shape index (κ3) is 2.68. The molecule has 98 valence electrons. The largest absolute Gasteiger partial charge is 0.396 e. The number of carbonyl (C=O) groups excluding carboxylic acids is 1. The number of anilines is 1. The smallest absolute Gasteiger partial charge is 0.153 e. The molecule has 1 aliphatic rings. The molecule has 2 rings (SSSR count). The number of aliphatic hydroxyl groups is 1. The minimum absolute atomic E-state index is 0.167. The Labute approximate surface area is 112 Å². The highest BCUT2D eigenvalue weighted by atomic mass is 35.5. The summed E-state index contributed by atoms with van der Waals surface area (Å²) in [6, 6.07) is 6.02. The summed E-state index contributed by atoms with van der Waals surface area (Å²) in [6.07, 6.45) is 5.06. The second-order valence-electron chi connectivity index (χ2n) is 4.65. The highest BCUT2D eigenvalue weighted by Crippen LogP contribution is 2.33. The van der Waals surface area contributed by atoms with Gasteiger partial charge in [0.2, 0.25) is 0 Å². The van der Waals surface area contributed by atoms with E-state index in [0.29, 0.717) is 23.0 Å². The summed E-state index contributed by atoms with van der Waals surface area (Å²) in [6.45, 7) is 0.933. The first-order valence-electron chi connectivity index (χ1n) is 6.39. The maximum Gasteiger partial charge on any atom is 0.153 e. The standard InChI is InChI=1S/C14H18ClNO2/c15-13-6-2-7-14(12(13)10-18)16(8-3-9-17)11-4-1-5-11/h2,6-7,10-11,17H,1,3-5,8-9H2. The molecule has 0 aliphatic heterocycles. The van der Waals surface area contributed by atoms with Crippen LogP contribution in [0.15, 0.2) is 18.2 Å². The van der Waals surface area contributed by atoms with E-state index in [0.717, 1.165) is 31.4 Å². The number of hydrogen-bond donors (Lipinski definition) is 1. The van der Waals surface area contributed by atoms with E-state index in [1.807, 2.05) is 12.1 Å². The molecule has 1 fully saturated rings. The van der Waals surface area contributed by atoms with Crippen molar-refractivity contribution in [3.05, 3.63) is 28.8 Å². The summed E-state index contributed by atoms with van der Waals surface area (Å²) < 4.78 is 0. The number of aliphatic hydroxyl groups excluding tert-OH is 1. The molecule has 0 amide bonds. The Kier molecular flexibility index (Phi) is 4.61. The lowest BCUT2D eigenvalue weighted by Gasteiger charge is -2.40. The first-order valence-corrected chi connectivity index (χ1v) is 6.77. The average molecular weight is 268 g/mol. The molecule has 0 aromatic heterocycles. The molecule has 1 N–H and O–H groups in total. The van der Waals surface area contributed by atoms with Gasteiger partial charge in [0, 0.05) is 24.9 Å².